The molecule has 1 unspecified atom stereocenters. The van der Waals surface area contributed by atoms with Crippen LogP contribution in [0.25, 0.3) is 0 Å². The second-order valence-electron chi connectivity index (χ2n) is 5.30. The minimum Gasteiger partial charge on any atom is -0.376 e. The van der Waals surface area contributed by atoms with E-state index in [-0.39, 0.29) is 12.0 Å². The van der Waals surface area contributed by atoms with Crippen LogP contribution in [0.4, 0.5) is 0 Å². The van der Waals surface area contributed by atoms with Crippen LogP contribution in [0.5, 0.6) is 0 Å². The molecule has 0 aromatic heterocycles. The first-order valence-corrected chi connectivity index (χ1v) is 7.08. The van der Waals surface area contributed by atoms with E-state index in [2.05, 4.69) is 0 Å². The molecule has 0 aromatic carbocycles. The molecule has 2 aliphatic rings. The maximum atomic E-state index is 11.9. The predicted octanol–water partition coefficient (Wildman–Crippen LogP) is 2.72. The van der Waals surface area contributed by atoms with E-state index in [0.717, 1.165) is 32.3 Å². The smallest absolute Gasteiger partial charge is 0.161 e. The van der Waals surface area contributed by atoms with E-state index >= 15 is 0 Å². The fourth-order valence-electron chi connectivity index (χ4n) is 2.77. The first-order chi connectivity index (χ1) is 8.36. The fraction of sp³-hybridized carbons (Fsp3) is 0.929. The van der Waals surface area contributed by atoms with Gasteiger partial charge in [-0.3, -0.25) is 4.79 Å². The zero-order valence-electron chi connectivity index (χ0n) is 10.7. The third kappa shape index (κ3) is 4.40. The van der Waals surface area contributed by atoms with Crippen molar-refractivity contribution < 1.29 is 14.3 Å². The van der Waals surface area contributed by atoms with Gasteiger partial charge in [0, 0.05) is 12.5 Å². The van der Waals surface area contributed by atoms with E-state index in [4.69, 9.17) is 9.47 Å². The Hall–Kier alpha value is -0.410. The van der Waals surface area contributed by atoms with Crippen molar-refractivity contribution in [2.45, 2.75) is 57.5 Å². The van der Waals surface area contributed by atoms with Crippen molar-refractivity contribution in [2.75, 3.05) is 19.8 Å². The molecule has 1 heterocycles. The molecule has 0 N–H and O–H groups in total. The summed E-state index contributed by atoms with van der Waals surface area (Å²) in [5.41, 5.74) is 0. The average molecular weight is 240 g/mol. The lowest BCUT2D eigenvalue weighted by Gasteiger charge is -2.23. The summed E-state index contributed by atoms with van der Waals surface area (Å²) in [6, 6.07) is 0. The maximum absolute atomic E-state index is 11.9. The fourth-order valence-corrected chi connectivity index (χ4v) is 2.77. The molecule has 3 nitrogen and oxygen atoms in total. The van der Waals surface area contributed by atoms with E-state index in [1.165, 1.54) is 25.7 Å². The second kappa shape index (κ2) is 7.12. The lowest BCUT2D eigenvalue weighted by molar-refractivity contribution is -0.130. The summed E-state index contributed by atoms with van der Waals surface area (Å²) in [7, 11) is 0. The van der Waals surface area contributed by atoms with Gasteiger partial charge in [-0.2, -0.15) is 0 Å². The number of Topliss-reactive ketones (excluding diaryl/α,β-unsaturated/α-hetero) is 1. The van der Waals surface area contributed by atoms with Gasteiger partial charge in [0.05, 0.1) is 12.7 Å². The summed E-state index contributed by atoms with van der Waals surface area (Å²) in [5.74, 6) is 0.580. The maximum Gasteiger partial charge on any atom is 0.161 e. The van der Waals surface area contributed by atoms with Gasteiger partial charge in [0.2, 0.25) is 0 Å². The van der Waals surface area contributed by atoms with Crippen molar-refractivity contribution in [3.05, 3.63) is 0 Å². The normalized spacial score (nSPS) is 26.9. The molecule has 98 valence electrons. The highest BCUT2D eigenvalue weighted by molar-refractivity contribution is 5.82. The summed E-state index contributed by atoms with van der Waals surface area (Å²) in [6.07, 6.45) is 9.55. The summed E-state index contributed by atoms with van der Waals surface area (Å²) in [4.78, 5) is 11.9. The number of hydrogen-bond donors (Lipinski definition) is 0. The summed E-state index contributed by atoms with van der Waals surface area (Å²) < 4.78 is 11.1. The molecular weight excluding hydrogens is 216 g/mol. The number of rotatable bonds is 5. The quantitative estimate of drug-likeness (QED) is 0.741. The molecule has 0 radical (unpaired) electrons. The Bertz CT molecular complexity index is 228. The Labute approximate surface area is 104 Å². The largest absolute Gasteiger partial charge is 0.376 e. The van der Waals surface area contributed by atoms with Crippen molar-refractivity contribution >= 4 is 5.78 Å². The molecule has 0 aromatic rings. The molecule has 0 bridgehead atoms. The van der Waals surface area contributed by atoms with Crippen LogP contribution in [0.3, 0.4) is 0 Å². The lowest BCUT2D eigenvalue weighted by Crippen LogP contribution is -2.28. The molecule has 0 spiro atoms. The molecule has 1 aliphatic carbocycles. The summed E-state index contributed by atoms with van der Waals surface area (Å²) in [6.45, 7) is 1.74. The van der Waals surface area contributed by atoms with Gasteiger partial charge < -0.3 is 9.47 Å². The molecule has 1 saturated carbocycles. The molecular formula is C14H24O3. The van der Waals surface area contributed by atoms with Crippen LogP contribution >= 0.6 is 0 Å². The van der Waals surface area contributed by atoms with Crippen LogP contribution < -0.4 is 0 Å². The topological polar surface area (TPSA) is 35.5 Å². The summed E-state index contributed by atoms with van der Waals surface area (Å²) >= 11 is 0. The van der Waals surface area contributed by atoms with Crippen molar-refractivity contribution in [3.8, 4) is 0 Å². The predicted molar refractivity (Wildman–Crippen MR) is 66.0 cm³/mol. The molecule has 17 heavy (non-hydrogen) atoms. The van der Waals surface area contributed by atoms with Gasteiger partial charge in [-0.05, 0) is 32.1 Å². The molecule has 3 heteroatoms. The van der Waals surface area contributed by atoms with Gasteiger partial charge in [0.1, 0.15) is 6.61 Å². The molecule has 2 fully saturated rings. The zero-order chi connectivity index (χ0) is 11.9. The van der Waals surface area contributed by atoms with Crippen LogP contribution in [0.1, 0.15) is 51.4 Å². The first kappa shape index (κ1) is 13.0. The van der Waals surface area contributed by atoms with Crippen LogP contribution in [0.2, 0.25) is 0 Å². The van der Waals surface area contributed by atoms with Gasteiger partial charge in [0.15, 0.2) is 5.78 Å². The number of carbonyl (C=O) groups excluding carboxylic acids is 1. The molecule has 2 rings (SSSR count). The average Bonchev–Trinajstić information content (AvgIpc) is 2.41. The lowest BCUT2D eigenvalue weighted by atomic mass is 9.86. The minimum atomic E-state index is 0.225. The Balaban J connectivity index is 1.58. The highest BCUT2D eigenvalue weighted by atomic mass is 16.5. The molecule has 0 amide bonds. The van der Waals surface area contributed by atoms with Crippen LogP contribution in [0.15, 0.2) is 0 Å². The van der Waals surface area contributed by atoms with Crippen LogP contribution in [-0.2, 0) is 14.3 Å². The van der Waals surface area contributed by atoms with Gasteiger partial charge in [-0.25, -0.2) is 0 Å². The first-order valence-electron chi connectivity index (χ1n) is 7.08. The molecule has 1 aliphatic heterocycles. The van der Waals surface area contributed by atoms with Crippen molar-refractivity contribution in [2.24, 2.45) is 5.92 Å². The minimum absolute atomic E-state index is 0.225. The van der Waals surface area contributed by atoms with Crippen LogP contribution in [0, 0.1) is 5.92 Å². The Morgan fingerprint density at radius 1 is 1.06 bits per heavy atom. The van der Waals surface area contributed by atoms with Gasteiger partial charge in [-0.15, -0.1) is 0 Å². The number of carbonyl (C=O) groups is 1. The number of hydrogen-bond acceptors (Lipinski definition) is 3. The Morgan fingerprint density at radius 3 is 2.53 bits per heavy atom. The SMILES string of the molecule is O=C(COCC1CCCCO1)C1CCCCC1. The standard InChI is InChI=1S/C14H24O3/c15-14(12-6-2-1-3-7-12)11-16-10-13-8-4-5-9-17-13/h12-13H,1-11H2. The van der Waals surface area contributed by atoms with E-state index in [1.54, 1.807) is 0 Å². The van der Waals surface area contributed by atoms with E-state index in [0.29, 0.717) is 19.0 Å². The summed E-state index contributed by atoms with van der Waals surface area (Å²) in [5, 5.41) is 0. The van der Waals surface area contributed by atoms with Gasteiger partial charge in [0.25, 0.3) is 0 Å². The monoisotopic (exact) mass is 240 g/mol. The third-order valence-electron chi connectivity index (χ3n) is 3.88. The van der Waals surface area contributed by atoms with E-state index in [9.17, 15) is 4.79 Å². The highest BCUT2D eigenvalue weighted by Gasteiger charge is 2.21. The van der Waals surface area contributed by atoms with Crippen molar-refractivity contribution in [1.29, 1.82) is 0 Å². The third-order valence-corrected chi connectivity index (χ3v) is 3.88. The Morgan fingerprint density at radius 2 is 1.82 bits per heavy atom. The van der Waals surface area contributed by atoms with E-state index in [1.807, 2.05) is 0 Å². The molecule has 1 saturated heterocycles. The zero-order valence-corrected chi connectivity index (χ0v) is 10.7. The second-order valence-corrected chi connectivity index (χ2v) is 5.30. The highest BCUT2D eigenvalue weighted by Crippen LogP contribution is 2.24. The van der Waals surface area contributed by atoms with Crippen molar-refractivity contribution in [1.82, 2.24) is 0 Å². The van der Waals surface area contributed by atoms with Gasteiger partial charge >= 0.3 is 0 Å². The number of ketones is 1. The van der Waals surface area contributed by atoms with Crippen molar-refractivity contribution in [3.63, 3.8) is 0 Å². The van der Waals surface area contributed by atoms with E-state index < -0.39 is 0 Å². The van der Waals surface area contributed by atoms with Gasteiger partial charge in [-0.1, -0.05) is 19.3 Å². The Kier molecular flexibility index (Phi) is 5.46. The number of ether oxygens (including phenoxy) is 2. The molecule has 1 atom stereocenters. The van der Waals surface area contributed by atoms with Crippen LogP contribution in [-0.4, -0.2) is 31.7 Å².